The standard InChI is InChI=1S/C3H5I2O/c1-2-3(4,5)6/h2H2,1H3. The van der Waals surface area contributed by atoms with Gasteiger partial charge in [0.1, 0.15) is 0 Å². The summed E-state index contributed by atoms with van der Waals surface area (Å²) in [6.07, 6.45) is 0.689. The molecule has 0 aromatic rings. The van der Waals surface area contributed by atoms with E-state index in [0.29, 0.717) is 6.42 Å². The molecule has 0 atom stereocenters. The van der Waals surface area contributed by atoms with E-state index < -0.39 is 1.61 Å². The monoisotopic (exact) mass is 311 g/mol. The maximum Gasteiger partial charge on any atom is 0.203 e. The average Bonchev–Trinajstić information content (AvgIpc) is 1.35. The van der Waals surface area contributed by atoms with Gasteiger partial charge in [-0.3, -0.25) is 0 Å². The summed E-state index contributed by atoms with van der Waals surface area (Å²) in [6.45, 7) is 1.88. The summed E-state index contributed by atoms with van der Waals surface area (Å²) in [5.41, 5.74) is 0. The molecule has 0 unspecified atom stereocenters. The Kier molecular flexibility index (Phi) is 3.29. The Morgan fingerprint density at radius 1 is 1.67 bits per heavy atom. The van der Waals surface area contributed by atoms with Crippen LogP contribution in [0.25, 0.3) is 0 Å². The molecule has 37 valence electrons. The van der Waals surface area contributed by atoms with Gasteiger partial charge in [0.25, 0.3) is 0 Å². The molecule has 0 aliphatic carbocycles. The molecule has 0 bridgehead atoms. The Morgan fingerprint density at radius 2 is 1.83 bits per heavy atom. The van der Waals surface area contributed by atoms with Crippen molar-refractivity contribution in [3.63, 3.8) is 0 Å². The summed E-state index contributed by atoms with van der Waals surface area (Å²) in [4.78, 5) is 0. The Morgan fingerprint density at radius 3 is 1.83 bits per heavy atom. The molecule has 0 rings (SSSR count). The quantitative estimate of drug-likeness (QED) is 0.523. The zero-order valence-corrected chi connectivity index (χ0v) is 7.69. The highest BCUT2D eigenvalue weighted by atomic mass is 127. The maximum atomic E-state index is 10.4. The second-order valence-corrected chi connectivity index (χ2v) is 6.54. The van der Waals surface area contributed by atoms with Crippen LogP contribution in [0.5, 0.6) is 0 Å². The topological polar surface area (TPSA) is 19.9 Å². The minimum Gasteiger partial charge on any atom is -0.206 e. The molecule has 3 heteroatoms. The van der Waals surface area contributed by atoms with E-state index in [4.69, 9.17) is 0 Å². The molecule has 0 aromatic heterocycles. The Bertz CT molecular complexity index is 38.5. The van der Waals surface area contributed by atoms with Crippen LogP contribution in [0.3, 0.4) is 0 Å². The summed E-state index contributed by atoms with van der Waals surface area (Å²) in [7, 11) is 0. The van der Waals surface area contributed by atoms with Crippen LogP contribution in [0.1, 0.15) is 13.3 Å². The number of hydrogen-bond donors (Lipinski definition) is 0. The third-order valence-corrected chi connectivity index (χ3v) is 1.94. The molecule has 0 aliphatic heterocycles. The molecule has 0 aromatic carbocycles. The van der Waals surface area contributed by atoms with E-state index in [9.17, 15) is 5.11 Å². The highest BCUT2D eigenvalue weighted by molar-refractivity contribution is 14.2. The number of hydrogen-bond acceptors (Lipinski definition) is 0. The molecule has 0 N–H and O–H groups in total. The normalized spacial score (nSPS) is 12.0. The van der Waals surface area contributed by atoms with Crippen LogP contribution in [0.2, 0.25) is 0 Å². The Hall–Kier alpha value is 1.42. The van der Waals surface area contributed by atoms with Crippen molar-refractivity contribution >= 4 is 45.2 Å². The van der Waals surface area contributed by atoms with Gasteiger partial charge in [-0.15, -0.1) is 0 Å². The molecule has 0 heterocycles. The van der Waals surface area contributed by atoms with E-state index in [1.807, 2.05) is 52.1 Å². The first-order chi connectivity index (χ1) is 2.56. The van der Waals surface area contributed by atoms with Crippen molar-refractivity contribution in [1.82, 2.24) is 0 Å². The smallest absolute Gasteiger partial charge is 0.203 e. The third-order valence-electron chi connectivity index (χ3n) is 0.412. The van der Waals surface area contributed by atoms with E-state index in [1.54, 1.807) is 0 Å². The number of halogens is 2. The Labute approximate surface area is 64.8 Å². The first kappa shape index (κ1) is 7.42. The lowest BCUT2D eigenvalue weighted by Crippen LogP contribution is -2.01. The summed E-state index contributed by atoms with van der Waals surface area (Å²) >= 11 is 3.74. The van der Waals surface area contributed by atoms with E-state index in [1.165, 1.54) is 0 Å². The van der Waals surface area contributed by atoms with Crippen LogP contribution in [-0.4, -0.2) is 1.61 Å². The van der Waals surface area contributed by atoms with Gasteiger partial charge in [-0.1, -0.05) is 6.92 Å². The Balaban J connectivity index is 3.17. The third kappa shape index (κ3) is 5.42. The maximum absolute atomic E-state index is 10.4. The van der Waals surface area contributed by atoms with Crippen LogP contribution in [0.15, 0.2) is 0 Å². The zero-order valence-electron chi connectivity index (χ0n) is 3.37. The summed E-state index contributed by atoms with van der Waals surface area (Å²) < 4.78 is -0.768. The van der Waals surface area contributed by atoms with E-state index in [2.05, 4.69) is 0 Å². The fraction of sp³-hybridized carbons (Fsp3) is 1.00. The van der Waals surface area contributed by atoms with Gasteiger partial charge in [0.15, 0.2) is 0 Å². The lowest BCUT2D eigenvalue weighted by Gasteiger charge is -2.02. The molecular formula is C3H5I2O. The van der Waals surface area contributed by atoms with Crippen molar-refractivity contribution in [3.8, 4) is 0 Å². The number of rotatable bonds is 1. The van der Waals surface area contributed by atoms with Gasteiger partial charge in [-0.05, 0) is 51.6 Å². The molecule has 0 aliphatic rings. The largest absolute Gasteiger partial charge is 0.206 e. The summed E-state index contributed by atoms with van der Waals surface area (Å²) in [5, 5.41) is 10.4. The molecule has 6 heavy (non-hydrogen) atoms. The van der Waals surface area contributed by atoms with Crippen LogP contribution in [0.4, 0.5) is 0 Å². The van der Waals surface area contributed by atoms with E-state index >= 15 is 0 Å². The first-order valence-electron chi connectivity index (χ1n) is 1.64. The predicted octanol–water partition coefficient (Wildman–Crippen LogP) is 2.35. The molecule has 0 spiro atoms. The first-order valence-corrected chi connectivity index (χ1v) is 3.80. The minimum atomic E-state index is -0.768. The van der Waals surface area contributed by atoms with Gasteiger partial charge in [0.05, 0.1) is 0 Å². The highest BCUT2D eigenvalue weighted by Crippen LogP contribution is 2.27. The van der Waals surface area contributed by atoms with Crippen molar-refractivity contribution in [2.24, 2.45) is 0 Å². The van der Waals surface area contributed by atoms with Gasteiger partial charge in [-0.25, -0.2) is 5.11 Å². The minimum absolute atomic E-state index is 0.689. The van der Waals surface area contributed by atoms with E-state index in [0.717, 1.165) is 0 Å². The van der Waals surface area contributed by atoms with Gasteiger partial charge in [0.2, 0.25) is 1.61 Å². The van der Waals surface area contributed by atoms with Crippen LogP contribution < -0.4 is 0 Å². The van der Waals surface area contributed by atoms with Crippen LogP contribution in [0, 0.1) is 0 Å². The van der Waals surface area contributed by atoms with Crippen molar-refractivity contribution in [2.45, 2.75) is 15.0 Å². The van der Waals surface area contributed by atoms with Crippen LogP contribution >= 0.6 is 45.2 Å². The molecule has 1 radical (unpaired) electrons. The fourth-order valence-corrected chi connectivity index (χ4v) is 0. The van der Waals surface area contributed by atoms with Crippen molar-refractivity contribution < 1.29 is 5.11 Å². The lowest BCUT2D eigenvalue weighted by atomic mass is 10.5. The molecule has 1 nitrogen and oxygen atoms in total. The summed E-state index contributed by atoms with van der Waals surface area (Å²) in [6, 6.07) is 0. The van der Waals surface area contributed by atoms with E-state index in [-0.39, 0.29) is 0 Å². The zero-order chi connectivity index (χ0) is 5.21. The number of alkyl halides is 2. The molecule has 0 saturated heterocycles. The van der Waals surface area contributed by atoms with Crippen molar-refractivity contribution in [3.05, 3.63) is 0 Å². The second kappa shape index (κ2) is 2.66. The fourth-order valence-electron chi connectivity index (χ4n) is 0. The van der Waals surface area contributed by atoms with Gasteiger partial charge < -0.3 is 0 Å². The van der Waals surface area contributed by atoms with Gasteiger partial charge >= 0.3 is 0 Å². The van der Waals surface area contributed by atoms with Crippen molar-refractivity contribution in [2.75, 3.05) is 0 Å². The average molecular weight is 311 g/mol. The predicted molar refractivity (Wildman–Crippen MR) is 41.7 cm³/mol. The SMILES string of the molecule is CCC([O])(I)I. The highest BCUT2D eigenvalue weighted by Gasteiger charge is 2.14. The van der Waals surface area contributed by atoms with Crippen LogP contribution in [-0.2, 0) is 5.11 Å². The molecule has 0 amide bonds. The lowest BCUT2D eigenvalue weighted by molar-refractivity contribution is 0.162. The summed E-state index contributed by atoms with van der Waals surface area (Å²) in [5.74, 6) is 0. The van der Waals surface area contributed by atoms with Crippen molar-refractivity contribution in [1.29, 1.82) is 0 Å². The second-order valence-electron chi connectivity index (χ2n) is 0.991. The molecule has 0 saturated carbocycles. The van der Waals surface area contributed by atoms with Gasteiger partial charge in [-0.2, -0.15) is 0 Å². The molecular weight excluding hydrogens is 306 g/mol. The van der Waals surface area contributed by atoms with Gasteiger partial charge in [0, 0.05) is 0 Å². The molecule has 0 fully saturated rings.